The van der Waals surface area contributed by atoms with Crippen molar-refractivity contribution in [2.24, 2.45) is 0 Å². The molecule has 1 aliphatic carbocycles. The van der Waals surface area contributed by atoms with Crippen LogP contribution in [-0.2, 0) is 0 Å². The van der Waals surface area contributed by atoms with Gasteiger partial charge in [-0.15, -0.1) is 0 Å². The average molecular weight is 387 g/mol. The fourth-order valence-electron chi connectivity index (χ4n) is 3.55. The second-order valence-corrected chi connectivity index (χ2v) is 8.45. The average Bonchev–Trinajstić information content (AvgIpc) is 2.71. The van der Waals surface area contributed by atoms with Crippen molar-refractivity contribution in [1.29, 1.82) is 0 Å². The number of hydrogen-bond acceptors (Lipinski definition) is 2. The normalized spacial score (nSPS) is 14.5. The first-order valence-electron chi connectivity index (χ1n) is 10.7. The molecule has 29 heavy (non-hydrogen) atoms. The highest BCUT2D eigenvalue weighted by molar-refractivity contribution is 5.70. The van der Waals surface area contributed by atoms with Crippen LogP contribution in [0.15, 0.2) is 83.6 Å². The molecule has 0 saturated heterocycles. The molecular formula is C27H34N2. The number of nitrogens with zero attached hydrogens (tertiary/aromatic N) is 1. The van der Waals surface area contributed by atoms with Crippen LogP contribution in [0, 0.1) is 6.92 Å². The van der Waals surface area contributed by atoms with Gasteiger partial charge in [-0.25, -0.2) is 0 Å². The molecule has 2 aromatic rings. The number of anilines is 3. The maximum atomic E-state index is 3.61. The molecule has 1 N–H and O–H groups in total. The zero-order chi connectivity index (χ0) is 20.8. The standard InChI is InChI=1S/C27H34N2/c1-20(2)6-11-23(5)28-24-12-18-27(19-13-24)29(25-14-7-21(3)8-15-25)26-16-9-22(4)10-17-26/h6-9,12-16,18-19,23,28H,10-11,17H2,1-5H3. The molecule has 0 radical (unpaired) electrons. The lowest BCUT2D eigenvalue weighted by Gasteiger charge is -2.30. The SMILES string of the molecule is CC(C)=CCC(C)Nc1ccc(N(C2=CC=C(C)CC2)c2ccc(C)cc2)cc1. The Morgan fingerprint density at radius 3 is 2.10 bits per heavy atom. The third-order valence-corrected chi connectivity index (χ3v) is 5.33. The van der Waals surface area contributed by atoms with Crippen LogP contribution in [0.1, 0.15) is 52.5 Å². The number of rotatable bonds is 7. The zero-order valence-electron chi connectivity index (χ0n) is 18.5. The van der Waals surface area contributed by atoms with Gasteiger partial charge in [0.25, 0.3) is 0 Å². The predicted molar refractivity (Wildman–Crippen MR) is 128 cm³/mol. The van der Waals surface area contributed by atoms with Crippen molar-refractivity contribution in [3.05, 3.63) is 89.2 Å². The lowest BCUT2D eigenvalue weighted by molar-refractivity contribution is 0.808. The summed E-state index contributed by atoms with van der Waals surface area (Å²) in [6.45, 7) is 10.9. The third kappa shape index (κ3) is 5.87. The van der Waals surface area contributed by atoms with Crippen molar-refractivity contribution in [3.8, 4) is 0 Å². The largest absolute Gasteiger partial charge is 0.382 e. The van der Waals surface area contributed by atoms with Gasteiger partial charge < -0.3 is 10.2 Å². The minimum Gasteiger partial charge on any atom is -0.382 e. The Balaban J connectivity index is 1.84. The van der Waals surface area contributed by atoms with E-state index < -0.39 is 0 Å². The van der Waals surface area contributed by atoms with Gasteiger partial charge in [-0.2, -0.15) is 0 Å². The minimum atomic E-state index is 0.415. The van der Waals surface area contributed by atoms with E-state index >= 15 is 0 Å². The van der Waals surface area contributed by atoms with E-state index in [4.69, 9.17) is 0 Å². The summed E-state index contributed by atoms with van der Waals surface area (Å²) in [5.74, 6) is 0. The van der Waals surface area contributed by atoms with Crippen LogP contribution >= 0.6 is 0 Å². The Morgan fingerprint density at radius 1 is 0.931 bits per heavy atom. The van der Waals surface area contributed by atoms with Crippen LogP contribution in [-0.4, -0.2) is 6.04 Å². The summed E-state index contributed by atoms with van der Waals surface area (Å²) in [4.78, 5) is 2.39. The summed E-state index contributed by atoms with van der Waals surface area (Å²) in [6.07, 6.45) is 10.0. The van der Waals surface area contributed by atoms with E-state index in [9.17, 15) is 0 Å². The van der Waals surface area contributed by atoms with E-state index in [1.807, 2.05) is 0 Å². The van der Waals surface area contributed by atoms with Crippen LogP contribution < -0.4 is 10.2 Å². The second-order valence-electron chi connectivity index (χ2n) is 8.45. The molecule has 2 nitrogen and oxygen atoms in total. The smallest absolute Gasteiger partial charge is 0.0459 e. The molecule has 2 heteroatoms. The van der Waals surface area contributed by atoms with E-state index in [1.54, 1.807) is 0 Å². The second kappa shape index (κ2) is 9.65. The van der Waals surface area contributed by atoms with Gasteiger partial charge in [-0.05, 0) is 96.4 Å². The highest BCUT2D eigenvalue weighted by atomic mass is 15.1. The van der Waals surface area contributed by atoms with Gasteiger partial charge in [0, 0.05) is 28.8 Å². The quantitative estimate of drug-likeness (QED) is 0.486. The molecule has 1 atom stereocenters. The number of aryl methyl sites for hydroxylation is 1. The van der Waals surface area contributed by atoms with E-state index in [1.165, 1.54) is 39.5 Å². The Hall–Kier alpha value is -2.74. The van der Waals surface area contributed by atoms with Gasteiger partial charge in [-0.1, -0.05) is 41.0 Å². The first kappa shape index (κ1) is 21.0. The molecule has 2 aromatic carbocycles. The summed E-state index contributed by atoms with van der Waals surface area (Å²) in [5.41, 5.74) is 9.03. The molecule has 1 aliphatic rings. The lowest BCUT2D eigenvalue weighted by atomic mass is 10.0. The topological polar surface area (TPSA) is 15.3 Å². The summed E-state index contributed by atoms with van der Waals surface area (Å²) >= 11 is 0. The summed E-state index contributed by atoms with van der Waals surface area (Å²) in [5, 5.41) is 3.61. The van der Waals surface area contributed by atoms with Crippen LogP contribution in [0.3, 0.4) is 0 Å². The highest BCUT2D eigenvalue weighted by Gasteiger charge is 2.16. The predicted octanol–water partition coefficient (Wildman–Crippen LogP) is 7.91. The Labute approximate surface area is 176 Å². The molecule has 0 saturated carbocycles. The van der Waals surface area contributed by atoms with Crippen molar-refractivity contribution in [2.75, 3.05) is 10.2 Å². The number of benzene rings is 2. The van der Waals surface area contributed by atoms with Gasteiger partial charge in [0.05, 0.1) is 0 Å². The van der Waals surface area contributed by atoms with Crippen molar-refractivity contribution in [3.63, 3.8) is 0 Å². The third-order valence-electron chi connectivity index (χ3n) is 5.33. The Kier molecular flexibility index (Phi) is 6.98. The van der Waals surface area contributed by atoms with Crippen molar-refractivity contribution >= 4 is 17.1 Å². The molecule has 3 rings (SSSR count). The molecule has 0 spiro atoms. The fraction of sp³-hybridized carbons (Fsp3) is 0.333. The first-order valence-corrected chi connectivity index (χ1v) is 10.7. The lowest BCUT2D eigenvalue weighted by Crippen LogP contribution is -2.18. The minimum absolute atomic E-state index is 0.415. The number of nitrogens with one attached hydrogen (secondary N) is 1. The van der Waals surface area contributed by atoms with Gasteiger partial charge in [0.2, 0.25) is 0 Å². The molecule has 0 aliphatic heterocycles. The van der Waals surface area contributed by atoms with Crippen molar-refractivity contribution in [2.45, 2.75) is 59.9 Å². The summed E-state index contributed by atoms with van der Waals surface area (Å²) < 4.78 is 0. The van der Waals surface area contributed by atoms with Gasteiger partial charge >= 0.3 is 0 Å². The maximum absolute atomic E-state index is 3.61. The Morgan fingerprint density at radius 2 is 1.55 bits per heavy atom. The maximum Gasteiger partial charge on any atom is 0.0459 e. The van der Waals surface area contributed by atoms with Gasteiger partial charge in [0.1, 0.15) is 0 Å². The van der Waals surface area contributed by atoms with Crippen LogP contribution in [0.5, 0.6) is 0 Å². The monoisotopic (exact) mass is 386 g/mol. The first-order chi connectivity index (χ1) is 13.9. The molecule has 0 bridgehead atoms. The number of allylic oxidation sites excluding steroid dienone is 5. The van der Waals surface area contributed by atoms with Crippen LogP contribution in [0.4, 0.5) is 17.1 Å². The summed E-state index contributed by atoms with van der Waals surface area (Å²) in [6, 6.07) is 18.1. The molecule has 0 heterocycles. The molecular weight excluding hydrogens is 352 g/mol. The van der Waals surface area contributed by atoms with Gasteiger partial charge in [0.15, 0.2) is 0 Å². The van der Waals surface area contributed by atoms with Crippen LogP contribution in [0.25, 0.3) is 0 Å². The van der Waals surface area contributed by atoms with E-state index in [0.29, 0.717) is 6.04 Å². The van der Waals surface area contributed by atoms with Crippen LogP contribution in [0.2, 0.25) is 0 Å². The fourth-order valence-corrected chi connectivity index (χ4v) is 3.55. The van der Waals surface area contributed by atoms with Crippen molar-refractivity contribution in [1.82, 2.24) is 0 Å². The van der Waals surface area contributed by atoms with E-state index in [-0.39, 0.29) is 0 Å². The molecule has 0 fully saturated rings. The van der Waals surface area contributed by atoms with E-state index in [2.05, 4.69) is 112 Å². The molecule has 0 amide bonds. The molecule has 152 valence electrons. The Bertz CT molecular complexity index is 895. The summed E-state index contributed by atoms with van der Waals surface area (Å²) in [7, 11) is 0. The molecule has 0 aromatic heterocycles. The number of hydrogen-bond donors (Lipinski definition) is 1. The van der Waals surface area contributed by atoms with Crippen molar-refractivity contribution < 1.29 is 0 Å². The van der Waals surface area contributed by atoms with Gasteiger partial charge in [-0.3, -0.25) is 0 Å². The van der Waals surface area contributed by atoms with E-state index in [0.717, 1.165) is 19.3 Å². The molecule has 1 unspecified atom stereocenters. The highest BCUT2D eigenvalue weighted by Crippen LogP contribution is 2.34. The zero-order valence-corrected chi connectivity index (χ0v) is 18.5.